The van der Waals surface area contributed by atoms with Gasteiger partial charge in [-0.05, 0) is 29.8 Å². The number of nitrogens with one attached hydrogen (secondary N) is 1. The molecule has 0 unspecified atom stereocenters. The molecular formula is C16H15FN2O2. The smallest absolute Gasteiger partial charge is 0.144 e. The topological polar surface area (TPSA) is 54.3 Å². The van der Waals surface area contributed by atoms with Crippen LogP contribution in [0.3, 0.4) is 0 Å². The summed E-state index contributed by atoms with van der Waals surface area (Å²) >= 11 is 0. The van der Waals surface area contributed by atoms with Crippen molar-refractivity contribution in [3.8, 4) is 17.6 Å². The largest absolute Gasteiger partial charge is 0.495 e. The first-order valence-electron chi connectivity index (χ1n) is 6.32. The van der Waals surface area contributed by atoms with Gasteiger partial charge in [0, 0.05) is 12.6 Å². The molecule has 0 saturated carbocycles. The van der Waals surface area contributed by atoms with Crippen molar-refractivity contribution in [2.45, 2.75) is 6.54 Å². The number of halogens is 1. The summed E-state index contributed by atoms with van der Waals surface area (Å²) in [6.45, 7) is 0.487. The van der Waals surface area contributed by atoms with Gasteiger partial charge in [-0.1, -0.05) is 6.07 Å². The van der Waals surface area contributed by atoms with Crippen LogP contribution in [0.15, 0.2) is 36.4 Å². The zero-order chi connectivity index (χ0) is 15.2. The molecule has 0 bridgehead atoms. The summed E-state index contributed by atoms with van der Waals surface area (Å²) in [6, 6.07) is 11.7. The molecule has 0 heterocycles. The van der Waals surface area contributed by atoms with E-state index in [-0.39, 0.29) is 5.82 Å². The Hall–Kier alpha value is -2.74. The van der Waals surface area contributed by atoms with Crippen LogP contribution in [0.5, 0.6) is 11.5 Å². The Morgan fingerprint density at radius 1 is 1.10 bits per heavy atom. The molecule has 5 heteroatoms. The standard InChI is InChI=1S/C16H15FN2O2/c1-20-15-6-3-11(7-12(15)9-18)10-19-14-5-4-13(17)8-16(14)21-2/h3-8,19H,10H2,1-2H3. The first-order valence-corrected chi connectivity index (χ1v) is 6.32. The average molecular weight is 286 g/mol. The molecule has 0 radical (unpaired) electrons. The third kappa shape index (κ3) is 3.42. The second-order valence-electron chi connectivity index (χ2n) is 4.34. The molecule has 2 aromatic carbocycles. The number of nitrogens with zero attached hydrogens (tertiary/aromatic N) is 1. The van der Waals surface area contributed by atoms with Gasteiger partial charge in [0.15, 0.2) is 0 Å². The van der Waals surface area contributed by atoms with Gasteiger partial charge in [-0.3, -0.25) is 0 Å². The van der Waals surface area contributed by atoms with E-state index in [1.54, 1.807) is 18.2 Å². The monoisotopic (exact) mass is 286 g/mol. The minimum atomic E-state index is -0.353. The highest BCUT2D eigenvalue weighted by Gasteiger charge is 2.06. The van der Waals surface area contributed by atoms with Crippen LogP contribution in [0, 0.1) is 17.1 Å². The van der Waals surface area contributed by atoms with Gasteiger partial charge in [-0.2, -0.15) is 5.26 Å². The number of benzene rings is 2. The van der Waals surface area contributed by atoms with E-state index in [0.29, 0.717) is 29.3 Å². The Balaban J connectivity index is 2.15. The van der Waals surface area contributed by atoms with E-state index in [4.69, 9.17) is 14.7 Å². The summed E-state index contributed by atoms with van der Waals surface area (Å²) in [5.74, 6) is 0.623. The minimum absolute atomic E-state index is 0.353. The number of ether oxygens (including phenoxy) is 2. The molecule has 0 aliphatic rings. The molecule has 21 heavy (non-hydrogen) atoms. The number of rotatable bonds is 5. The number of anilines is 1. The molecule has 0 spiro atoms. The number of nitriles is 1. The molecule has 0 fully saturated rings. The number of hydrogen-bond acceptors (Lipinski definition) is 4. The van der Waals surface area contributed by atoms with E-state index in [9.17, 15) is 4.39 Å². The van der Waals surface area contributed by atoms with Crippen molar-refractivity contribution in [3.63, 3.8) is 0 Å². The third-order valence-corrected chi connectivity index (χ3v) is 3.03. The Bertz CT molecular complexity index is 680. The van der Waals surface area contributed by atoms with Crippen LogP contribution in [0.25, 0.3) is 0 Å². The summed E-state index contributed by atoms with van der Waals surface area (Å²) in [4.78, 5) is 0. The van der Waals surface area contributed by atoms with Crippen molar-refractivity contribution >= 4 is 5.69 Å². The zero-order valence-electron chi connectivity index (χ0n) is 11.8. The summed E-state index contributed by atoms with van der Waals surface area (Å²) in [6.07, 6.45) is 0. The van der Waals surface area contributed by atoms with Crippen molar-refractivity contribution in [2.24, 2.45) is 0 Å². The first-order chi connectivity index (χ1) is 10.2. The van der Waals surface area contributed by atoms with Crippen molar-refractivity contribution in [3.05, 3.63) is 53.3 Å². The van der Waals surface area contributed by atoms with E-state index < -0.39 is 0 Å². The lowest BCUT2D eigenvalue weighted by Crippen LogP contribution is -2.02. The Morgan fingerprint density at radius 2 is 1.86 bits per heavy atom. The third-order valence-electron chi connectivity index (χ3n) is 3.03. The van der Waals surface area contributed by atoms with Crippen molar-refractivity contribution in [2.75, 3.05) is 19.5 Å². The molecule has 0 atom stereocenters. The van der Waals surface area contributed by atoms with E-state index >= 15 is 0 Å². The lowest BCUT2D eigenvalue weighted by atomic mass is 10.1. The fraction of sp³-hybridized carbons (Fsp3) is 0.188. The quantitative estimate of drug-likeness (QED) is 0.916. The van der Waals surface area contributed by atoms with Crippen molar-refractivity contribution in [1.82, 2.24) is 0 Å². The van der Waals surface area contributed by atoms with Gasteiger partial charge in [0.25, 0.3) is 0 Å². The lowest BCUT2D eigenvalue weighted by molar-refractivity contribution is 0.412. The van der Waals surface area contributed by atoms with Crippen LogP contribution < -0.4 is 14.8 Å². The Morgan fingerprint density at radius 3 is 2.52 bits per heavy atom. The highest BCUT2D eigenvalue weighted by molar-refractivity contribution is 5.57. The number of methoxy groups -OCH3 is 2. The summed E-state index contributed by atoms with van der Waals surface area (Å²) in [5, 5.41) is 12.2. The second kappa shape index (κ2) is 6.62. The molecule has 4 nitrogen and oxygen atoms in total. The number of hydrogen-bond donors (Lipinski definition) is 1. The predicted octanol–water partition coefficient (Wildman–Crippen LogP) is 3.33. The van der Waals surface area contributed by atoms with Crippen LogP contribution >= 0.6 is 0 Å². The molecule has 1 N–H and O–H groups in total. The van der Waals surface area contributed by atoms with Gasteiger partial charge in [0.2, 0.25) is 0 Å². The van der Waals surface area contributed by atoms with Gasteiger partial charge in [-0.25, -0.2) is 4.39 Å². The highest BCUT2D eigenvalue weighted by Crippen LogP contribution is 2.26. The summed E-state index contributed by atoms with van der Waals surface area (Å²) < 4.78 is 23.3. The van der Waals surface area contributed by atoms with Crippen molar-refractivity contribution < 1.29 is 13.9 Å². The predicted molar refractivity (Wildman–Crippen MR) is 78.0 cm³/mol. The maximum absolute atomic E-state index is 13.1. The van der Waals surface area contributed by atoms with E-state index in [1.165, 1.54) is 26.4 Å². The lowest BCUT2D eigenvalue weighted by Gasteiger charge is -2.12. The fourth-order valence-corrected chi connectivity index (χ4v) is 1.96. The van der Waals surface area contributed by atoms with Gasteiger partial charge in [0.1, 0.15) is 23.4 Å². The SMILES string of the molecule is COc1ccc(CNc2ccc(F)cc2OC)cc1C#N. The normalized spacial score (nSPS) is 9.81. The van der Waals surface area contributed by atoms with Gasteiger partial charge >= 0.3 is 0 Å². The minimum Gasteiger partial charge on any atom is -0.495 e. The molecule has 2 rings (SSSR count). The molecule has 108 valence electrons. The van der Waals surface area contributed by atoms with Crippen molar-refractivity contribution in [1.29, 1.82) is 5.26 Å². The van der Waals surface area contributed by atoms with Gasteiger partial charge in [-0.15, -0.1) is 0 Å². The molecule has 0 aliphatic heterocycles. The van der Waals surface area contributed by atoms with E-state index in [1.807, 2.05) is 6.07 Å². The summed E-state index contributed by atoms with van der Waals surface area (Å²) in [5.41, 5.74) is 2.08. The van der Waals surface area contributed by atoms with Gasteiger partial charge in [0.05, 0.1) is 25.5 Å². The Kier molecular flexibility index (Phi) is 4.62. The van der Waals surface area contributed by atoms with Crippen LogP contribution in [-0.2, 0) is 6.54 Å². The van der Waals surface area contributed by atoms with E-state index in [2.05, 4.69) is 11.4 Å². The molecule has 0 amide bonds. The average Bonchev–Trinajstić information content (AvgIpc) is 2.53. The first kappa shape index (κ1) is 14.7. The molecule has 2 aromatic rings. The maximum atomic E-state index is 13.1. The molecular weight excluding hydrogens is 271 g/mol. The van der Waals surface area contributed by atoms with Gasteiger partial charge < -0.3 is 14.8 Å². The second-order valence-corrected chi connectivity index (χ2v) is 4.34. The van der Waals surface area contributed by atoms with Crippen LogP contribution in [0.2, 0.25) is 0 Å². The highest BCUT2D eigenvalue weighted by atomic mass is 19.1. The van der Waals surface area contributed by atoms with E-state index in [0.717, 1.165) is 5.56 Å². The van der Waals surface area contributed by atoms with Crippen LogP contribution in [0.1, 0.15) is 11.1 Å². The molecule has 0 saturated heterocycles. The molecule has 0 aromatic heterocycles. The summed E-state index contributed by atoms with van der Waals surface area (Å²) in [7, 11) is 3.01. The Labute approximate surface area is 122 Å². The zero-order valence-corrected chi connectivity index (χ0v) is 11.8. The molecule has 0 aliphatic carbocycles. The maximum Gasteiger partial charge on any atom is 0.144 e. The fourth-order valence-electron chi connectivity index (χ4n) is 1.96. The van der Waals surface area contributed by atoms with Crippen LogP contribution in [-0.4, -0.2) is 14.2 Å². The van der Waals surface area contributed by atoms with Crippen LogP contribution in [0.4, 0.5) is 10.1 Å².